The van der Waals surface area contributed by atoms with Gasteiger partial charge in [-0.3, -0.25) is 9.48 Å². The Bertz CT molecular complexity index is 624. The van der Waals surface area contributed by atoms with Crippen molar-refractivity contribution in [2.75, 3.05) is 5.73 Å². The first kappa shape index (κ1) is 12.4. The van der Waals surface area contributed by atoms with Gasteiger partial charge < -0.3 is 10.3 Å². The smallest absolute Gasteiger partial charge is 0.251 e. The molecule has 0 aliphatic carbocycles. The van der Waals surface area contributed by atoms with E-state index in [0.29, 0.717) is 12.2 Å². The van der Waals surface area contributed by atoms with Crippen LogP contribution in [-0.2, 0) is 13.1 Å². The molecule has 2 aromatic heterocycles. The van der Waals surface area contributed by atoms with Crippen LogP contribution in [0, 0.1) is 13.8 Å². The molecule has 0 unspecified atom stereocenters. The van der Waals surface area contributed by atoms with Gasteiger partial charge in [-0.05, 0) is 32.4 Å². The summed E-state index contributed by atoms with van der Waals surface area (Å²) in [4.78, 5) is 11.9. The van der Waals surface area contributed by atoms with Crippen molar-refractivity contribution in [2.45, 2.75) is 33.9 Å². The minimum absolute atomic E-state index is 0.0387. The molecule has 0 bridgehead atoms. The Hall–Kier alpha value is -2.04. The Morgan fingerprint density at radius 3 is 2.72 bits per heavy atom. The molecule has 0 radical (unpaired) electrons. The van der Waals surface area contributed by atoms with Gasteiger partial charge >= 0.3 is 0 Å². The molecule has 2 N–H and O–H groups in total. The first-order chi connectivity index (χ1) is 8.51. The van der Waals surface area contributed by atoms with E-state index in [2.05, 4.69) is 5.10 Å². The fourth-order valence-electron chi connectivity index (χ4n) is 1.98. The molecule has 0 atom stereocenters. The summed E-state index contributed by atoms with van der Waals surface area (Å²) in [7, 11) is 0. The van der Waals surface area contributed by atoms with Crippen LogP contribution in [0.4, 0.5) is 5.69 Å². The van der Waals surface area contributed by atoms with E-state index in [0.717, 1.165) is 23.5 Å². The summed E-state index contributed by atoms with van der Waals surface area (Å²) in [5.41, 5.74) is 9.22. The molecule has 5 nitrogen and oxygen atoms in total. The summed E-state index contributed by atoms with van der Waals surface area (Å²) in [5.74, 6) is 0. The average molecular weight is 246 g/mol. The molecular weight excluding hydrogens is 228 g/mol. The van der Waals surface area contributed by atoms with E-state index in [4.69, 9.17) is 5.73 Å². The molecule has 2 heterocycles. The van der Waals surface area contributed by atoms with Gasteiger partial charge in [0.15, 0.2) is 0 Å². The van der Waals surface area contributed by atoms with Crippen LogP contribution in [0.1, 0.15) is 23.9 Å². The lowest BCUT2D eigenvalue weighted by molar-refractivity contribution is 0.592. The first-order valence-corrected chi connectivity index (χ1v) is 6.01. The second-order valence-electron chi connectivity index (χ2n) is 4.47. The standard InChI is InChI=1S/C13H18N4O/c1-4-17-11(6-10(3)15-17)7-16-8-12(14)9(2)5-13(16)18/h5-6,8H,4,7,14H2,1-3H3. The summed E-state index contributed by atoms with van der Waals surface area (Å²) < 4.78 is 3.52. The molecule has 5 heteroatoms. The first-order valence-electron chi connectivity index (χ1n) is 6.01. The fourth-order valence-corrected chi connectivity index (χ4v) is 1.98. The van der Waals surface area contributed by atoms with Gasteiger partial charge in [0.05, 0.1) is 23.6 Å². The minimum atomic E-state index is -0.0387. The van der Waals surface area contributed by atoms with E-state index in [1.807, 2.05) is 31.5 Å². The van der Waals surface area contributed by atoms with E-state index in [-0.39, 0.29) is 5.56 Å². The fraction of sp³-hybridized carbons (Fsp3) is 0.385. The Labute approximate surface area is 106 Å². The number of pyridine rings is 1. The van der Waals surface area contributed by atoms with Crippen LogP contribution >= 0.6 is 0 Å². The quantitative estimate of drug-likeness (QED) is 0.888. The Balaban J connectivity index is 2.39. The van der Waals surface area contributed by atoms with Gasteiger partial charge in [0, 0.05) is 18.8 Å². The van der Waals surface area contributed by atoms with Crippen molar-refractivity contribution in [1.82, 2.24) is 14.3 Å². The van der Waals surface area contributed by atoms with Crippen molar-refractivity contribution < 1.29 is 0 Å². The Morgan fingerprint density at radius 1 is 1.33 bits per heavy atom. The topological polar surface area (TPSA) is 65.8 Å². The second-order valence-corrected chi connectivity index (χ2v) is 4.47. The predicted molar refractivity (Wildman–Crippen MR) is 71.6 cm³/mol. The van der Waals surface area contributed by atoms with Crippen LogP contribution in [-0.4, -0.2) is 14.3 Å². The van der Waals surface area contributed by atoms with E-state index in [1.54, 1.807) is 16.8 Å². The third-order valence-electron chi connectivity index (χ3n) is 2.99. The highest BCUT2D eigenvalue weighted by atomic mass is 16.1. The van der Waals surface area contributed by atoms with Gasteiger partial charge in [-0.1, -0.05) is 0 Å². The van der Waals surface area contributed by atoms with Crippen LogP contribution < -0.4 is 11.3 Å². The highest BCUT2D eigenvalue weighted by Crippen LogP contribution is 2.09. The number of aromatic nitrogens is 3. The number of hydrogen-bond donors (Lipinski definition) is 1. The van der Waals surface area contributed by atoms with E-state index < -0.39 is 0 Å². The zero-order valence-electron chi connectivity index (χ0n) is 11.0. The van der Waals surface area contributed by atoms with Gasteiger partial charge in [0.1, 0.15) is 0 Å². The minimum Gasteiger partial charge on any atom is -0.397 e. The molecule has 0 aromatic carbocycles. The maximum Gasteiger partial charge on any atom is 0.251 e. The molecule has 2 aromatic rings. The molecule has 0 spiro atoms. The largest absolute Gasteiger partial charge is 0.397 e. The van der Waals surface area contributed by atoms with E-state index >= 15 is 0 Å². The van der Waals surface area contributed by atoms with Gasteiger partial charge in [-0.15, -0.1) is 0 Å². The highest BCUT2D eigenvalue weighted by molar-refractivity contribution is 5.43. The van der Waals surface area contributed by atoms with Gasteiger partial charge in [-0.2, -0.15) is 5.10 Å². The van der Waals surface area contributed by atoms with Gasteiger partial charge in [-0.25, -0.2) is 0 Å². The molecular formula is C13H18N4O. The molecule has 0 saturated heterocycles. The summed E-state index contributed by atoms with van der Waals surface area (Å²) in [6.07, 6.45) is 1.69. The highest BCUT2D eigenvalue weighted by Gasteiger charge is 2.07. The van der Waals surface area contributed by atoms with Crippen LogP contribution in [0.3, 0.4) is 0 Å². The van der Waals surface area contributed by atoms with Crippen LogP contribution in [0.15, 0.2) is 23.1 Å². The molecule has 0 aliphatic rings. The third-order valence-corrected chi connectivity index (χ3v) is 2.99. The SMILES string of the molecule is CCn1nc(C)cc1Cn1cc(N)c(C)cc1=O. The molecule has 0 aliphatic heterocycles. The van der Waals surface area contributed by atoms with E-state index in [1.165, 1.54) is 0 Å². The number of nitrogen functional groups attached to an aromatic ring is 1. The number of anilines is 1. The molecule has 2 rings (SSSR count). The van der Waals surface area contributed by atoms with Gasteiger partial charge in [0.25, 0.3) is 5.56 Å². The molecule has 0 fully saturated rings. The second kappa shape index (κ2) is 4.68. The zero-order valence-corrected chi connectivity index (χ0v) is 11.0. The maximum absolute atomic E-state index is 11.9. The number of aryl methyl sites for hydroxylation is 3. The number of rotatable bonds is 3. The van der Waals surface area contributed by atoms with Gasteiger partial charge in [0.2, 0.25) is 0 Å². The molecule has 96 valence electrons. The molecule has 18 heavy (non-hydrogen) atoms. The Kier molecular flexibility index (Phi) is 3.23. The number of nitrogens with zero attached hydrogens (tertiary/aromatic N) is 3. The number of hydrogen-bond acceptors (Lipinski definition) is 3. The summed E-state index contributed by atoms with van der Waals surface area (Å²) >= 11 is 0. The molecule has 0 saturated carbocycles. The third kappa shape index (κ3) is 2.30. The van der Waals surface area contributed by atoms with Crippen LogP contribution in [0.2, 0.25) is 0 Å². The van der Waals surface area contributed by atoms with Crippen molar-refractivity contribution in [3.8, 4) is 0 Å². The predicted octanol–water partition coefficient (Wildman–Crippen LogP) is 1.31. The lowest BCUT2D eigenvalue weighted by atomic mass is 10.2. The summed E-state index contributed by atoms with van der Waals surface area (Å²) in [6.45, 7) is 7.10. The van der Waals surface area contributed by atoms with E-state index in [9.17, 15) is 4.79 Å². The van der Waals surface area contributed by atoms with Crippen LogP contribution in [0.5, 0.6) is 0 Å². The van der Waals surface area contributed by atoms with Crippen LogP contribution in [0.25, 0.3) is 0 Å². The molecule has 0 amide bonds. The Morgan fingerprint density at radius 2 is 2.06 bits per heavy atom. The lowest BCUT2D eigenvalue weighted by Gasteiger charge is -2.09. The normalized spacial score (nSPS) is 10.8. The van der Waals surface area contributed by atoms with Crippen molar-refractivity contribution in [3.63, 3.8) is 0 Å². The average Bonchev–Trinajstić information content (AvgIpc) is 2.66. The maximum atomic E-state index is 11.9. The van der Waals surface area contributed by atoms with Crippen molar-refractivity contribution >= 4 is 5.69 Å². The lowest BCUT2D eigenvalue weighted by Crippen LogP contribution is -2.22. The van der Waals surface area contributed by atoms with Crippen molar-refractivity contribution in [2.24, 2.45) is 0 Å². The summed E-state index contributed by atoms with van der Waals surface area (Å²) in [6, 6.07) is 3.56. The van der Waals surface area contributed by atoms with Crippen molar-refractivity contribution in [3.05, 3.63) is 45.6 Å². The summed E-state index contributed by atoms with van der Waals surface area (Å²) in [5, 5.41) is 4.36. The van der Waals surface area contributed by atoms with Crippen molar-refractivity contribution in [1.29, 1.82) is 0 Å². The monoisotopic (exact) mass is 246 g/mol. The number of nitrogens with two attached hydrogens (primary N) is 1. The zero-order chi connectivity index (χ0) is 13.3.